The van der Waals surface area contributed by atoms with Crippen LogP contribution in [0.4, 0.5) is 11.6 Å². The summed E-state index contributed by atoms with van der Waals surface area (Å²) < 4.78 is 0. The molecule has 3 N–H and O–H groups in total. The standard InChI is InChI=1S/C17H16ClN7S/c18-15-12(3-4-20-16(15)19)26-14-2-1-11-17(24-14)21-6-13(23-11)25-7-9-5-10(8-25)22-9/h1-4,6,9-10,22H,5,7-8H2,(H2,19,20)/t9-,10?/m0/s1. The molecule has 0 spiro atoms. The molecular weight excluding hydrogens is 370 g/mol. The van der Waals surface area contributed by atoms with Gasteiger partial charge < -0.3 is 16.0 Å². The summed E-state index contributed by atoms with van der Waals surface area (Å²) in [6.45, 7) is 1.97. The van der Waals surface area contributed by atoms with Gasteiger partial charge in [0.25, 0.3) is 0 Å². The van der Waals surface area contributed by atoms with Gasteiger partial charge in [-0.1, -0.05) is 23.4 Å². The van der Waals surface area contributed by atoms with Gasteiger partial charge in [0.2, 0.25) is 0 Å². The number of hydrogen-bond acceptors (Lipinski definition) is 8. The van der Waals surface area contributed by atoms with Crippen LogP contribution in [0, 0.1) is 0 Å². The number of nitrogens with one attached hydrogen (secondary N) is 1. The third kappa shape index (κ3) is 2.84. The van der Waals surface area contributed by atoms with Crippen LogP contribution in [0.25, 0.3) is 11.2 Å². The lowest BCUT2D eigenvalue weighted by molar-refractivity contribution is 0.225. The van der Waals surface area contributed by atoms with Gasteiger partial charge >= 0.3 is 0 Å². The molecule has 3 aromatic rings. The van der Waals surface area contributed by atoms with Gasteiger partial charge in [-0.25, -0.2) is 19.9 Å². The van der Waals surface area contributed by atoms with E-state index < -0.39 is 0 Å². The van der Waals surface area contributed by atoms with E-state index in [1.54, 1.807) is 6.20 Å². The Morgan fingerprint density at radius 1 is 1.15 bits per heavy atom. The predicted octanol–water partition coefficient (Wildman–Crippen LogP) is 2.36. The third-order valence-electron chi connectivity index (χ3n) is 4.71. The predicted molar refractivity (Wildman–Crippen MR) is 103 cm³/mol. The molecule has 0 aliphatic carbocycles. The normalized spacial score (nSPS) is 21.7. The lowest BCUT2D eigenvalue weighted by Crippen LogP contribution is -2.67. The first kappa shape index (κ1) is 16.0. The highest BCUT2D eigenvalue weighted by atomic mass is 35.5. The summed E-state index contributed by atoms with van der Waals surface area (Å²) in [5, 5.41) is 4.76. The second-order valence-electron chi connectivity index (χ2n) is 6.53. The van der Waals surface area contributed by atoms with Crippen molar-refractivity contribution in [1.82, 2.24) is 25.3 Å². The Bertz CT molecular complexity index is 982. The molecule has 2 atom stereocenters. The minimum absolute atomic E-state index is 0.316. The molecule has 3 fully saturated rings. The van der Waals surface area contributed by atoms with Gasteiger partial charge in [0.1, 0.15) is 22.2 Å². The molecule has 3 saturated heterocycles. The Morgan fingerprint density at radius 3 is 2.77 bits per heavy atom. The van der Waals surface area contributed by atoms with Crippen molar-refractivity contribution in [1.29, 1.82) is 0 Å². The number of nitrogens with zero attached hydrogens (tertiary/aromatic N) is 5. The molecule has 9 heteroatoms. The monoisotopic (exact) mass is 385 g/mol. The Balaban J connectivity index is 1.41. The summed E-state index contributed by atoms with van der Waals surface area (Å²) in [5.41, 5.74) is 7.17. The number of anilines is 2. The van der Waals surface area contributed by atoms with E-state index in [4.69, 9.17) is 22.3 Å². The number of piperazine rings is 1. The van der Waals surface area contributed by atoms with Crippen molar-refractivity contribution in [2.24, 2.45) is 0 Å². The van der Waals surface area contributed by atoms with Gasteiger partial charge in [0.15, 0.2) is 5.65 Å². The van der Waals surface area contributed by atoms with E-state index in [0.29, 0.717) is 28.6 Å². The second kappa shape index (κ2) is 6.22. The number of halogens is 1. The minimum Gasteiger partial charge on any atom is -0.382 e. The number of fused-ring (bicyclic) bond motifs is 3. The highest BCUT2D eigenvalue weighted by Gasteiger charge is 2.36. The van der Waals surface area contributed by atoms with Crippen molar-refractivity contribution >= 4 is 46.2 Å². The number of nitrogen functional groups attached to an aromatic ring is 1. The maximum absolute atomic E-state index is 6.21. The fraction of sp³-hybridized carbons (Fsp3) is 0.294. The first-order valence-electron chi connectivity index (χ1n) is 8.38. The molecule has 0 aromatic carbocycles. The molecule has 3 aliphatic heterocycles. The molecule has 0 amide bonds. The van der Waals surface area contributed by atoms with Gasteiger partial charge in [0, 0.05) is 36.3 Å². The average molecular weight is 386 g/mol. The maximum atomic E-state index is 6.21. The molecule has 0 radical (unpaired) electrons. The summed E-state index contributed by atoms with van der Waals surface area (Å²) in [7, 11) is 0. The number of hydrogen-bond donors (Lipinski definition) is 2. The number of piperidine rings is 1. The molecule has 3 aromatic heterocycles. The fourth-order valence-corrected chi connectivity index (χ4v) is 4.46. The topological polar surface area (TPSA) is 92.8 Å². The Hall–Kier alpha value is -2.16. The quantitative estimate of drug-likeness (QED) is 0.709. The van der Waals surface area contributed by atoms with Gasteiger partial charge in [-0.05, 0) is 24.6 Å². The van der Waals surface area contributed by atoms with Crippen molar-refractivity contribution < 1.29 is 0 Å². The second-order valence-corrected chi connectivity index (χ2v) is 7.97. The zero-order valence-electron chi connectivity index (χ0n) is 13.8. The summed E-state index contributed by atoms with van der Waals surface area (Å²) in [6.07, 6.45) is 4.71. The van der Waals surface area contributed by atoms with Crippen LogP contribution in [0.5, 0.6) is 0 Å². The number of rotatable bonds is 3. The lowest BCUT2D eigenvalue weighted by atomic mass is 9.91. The first-order chi connectivity index (χ1) is 12.7. The van der Waals surface area contributed by atoms with Crippen LogP contribution >= 0.6 is 23.4 Å². The summed E-state index contributed by atoms with van der Waals surface area (Å²) in [5.74, 6) is 1.23. The molecule has 6 rings (SSSR count). The highest BCUT2D eigenvalue weighted by Crippen LogP contribution is 2.35. The first-order valence-corrected chi connectivity index (χ1v) is 9.58. The van der Waals surface area contributed by atoms with Crippen LogP contribution in [0.1, 0.15) is 6.42 Å². The smallest absolute Gasteiger partial charge is 0.179 e. The number of pyridine rings is 2. The Labute approximate surface area is 159 Å². The van der Waals surface area contributed by atoms with Crippen molar-refractivity contribution in [3.63, 3.8) is 0 Å². The average Bonchev–Trinajstić information content (AvgIpc) is 2.64. The van der Waals surface area contributed by atoms with Crippen LogP contribution < -0.4 is 16.0 Å². The van der Waals surface area contributed by atoms with E-state index in [1.807, 2.05) is 24.4 Å². The van der Waals surface area contributed by atoms with Crippen molar-refractivity contribution in [2.75, 3.05) is 23.7 Å². The Kier molecular flexibility index (Phi) is 3.84. The van der Waals surface area contributed by atoms with E-state index in [2.05, 4.69) is 25.2 Å². The molecule has 1 unspecified atom stereocenters. The van der Waals surface area contributed by atoms with Crippen LogP contribution in [-0.2, 0) is 0 Å². The molecule has 7 nitrogen and oxygen atoms in total. The fourth-order valence-electron chi connectivity index (χ4n) is 3.42. The van der Waals surface area contributed by atoms with E-state index in [-0.39, 0.29) is 0 Å². The SMILES string of the molecule is Nc1nccc(Sc2ccc3nc(N4CC5C[C@@H](C4)N5)cnc3n2)c1Cl. The summed E-state index contributed by atoms with van der Waals surface area (Å²) >= 11 is 7.64. The van der Waals surface area contributed by atoms with Gasteiger partial charge in [-0.2, -0.15) is 0 Å². The van der Waals surface area contributed by atoms with Gasteiger partial charge in [0.05, 0.1) is 11.2 Å². The molecule has 26 heavy (non-hydrogen) atoms. The van der Waals surface area contributed by atoms with Crippen LogP contribution in [-0.4, -0.2) is 45.1 Å². The van der Waals surface area contributed by atoms with Crippen molar-refractivity contribution in [3.8, 4) is 0 Å². The van der Waals surface area contributed by atoms with Crippen molar-refractivity contribution in [2.45, 2.75) is 28.4 Å². The zero-order valence-corrected chi connectivity index (χ0v) is 15.3. The third-order valence-corrected chi connectivity index (χ3v) is 6.21. The highest BCUT2D eigenvalue weighted by molar-refractivity contribution is 7.99. The Morgan fingerprint density at radius 2 is 1.96 bits per heavy atom. The van der Waals surface area contributed by atoms with Crippen LogP contribution in [0.2, 0.25) is 5.02 Å². The van der Waals surface area contributed by atoms with Crippen LogP contribution in [0.3, 0.4) is 0 Å². The van der Waals surface area contributed by atoms with Gasteiger partial charge in [-0.15, -0.1) is 0 Å². The molecular formula is C17H16ClN7S. The molecule has 2 bridgehead atoms. The van der Waals surface area contributed by atoms with E-state index >= 15 is 0 Å². The maximum Gasteiger partial charge on any atom is 0.179 e. The number of aromatic nitrogens is 4. The minimum atomic E-state index is 0.316. The van der Waals surface area contributed by atoms with E-state index in [1.165, 1.54) is 18.2 Å². The van der Waals surface area contributed by atoms with Crippen LogP contribution in [0.15, 0.2) is 40.5 Å². The van der Waals surface area contributed by atoms with Gasteiger partial charge in [-0.3, -0.25) is 0 Å². The summed E-state index contributed by atoms with van der Waals surface area (Å²) in [4.78, 5) is 20.9. The zero-order chi connectivity index (χ0) is 17.7. The molecule has 3 aliphatic rings. The van der Waals surface area contributed by atoms with E-state index in [0.717, 1.165) is 34.3 Å². The molecule has 0 saturated carbocycles. The largest absolute Gasteiger partial charge is 0.382 e. The van der Waals surface area contributed by atoms with Crippen molar-refractivity contribution in [3.05, 3.63) is 35.6 Å². The number of nitrogens with two attached hydrogens (primary N) is 1. The molecule has 6 heterocycles. The summed E-state index contributed by atoms with van der Waals surface area (Å²) in [6, 6.07) is 6.86. The lowest BCUT2D eigenvalue weighted by Gasteiger charge is -2.48. The van der Waals surface area contributed by atoms with E-state index in [9.17, 15) is 0 Å². The molecule has 132 valence electrons.